The Balaban J connectivity index is 2.42. The smallest absolute Gasteiger partial charge is 0.330 e. The van der Waals surface area contributed by atoms with E-state index in [4.69, 9.17) is 17.0 Å². The van der Waals surface area contributed by atoms with Gasteiger partial charge in [0.25, 0.3) is 0 Å². The van der Waals surface area contributed by atoms with Crippen LogP contribution < -0.4 is 5.69 Å². The fourth-order valence-corrected chi connectivity index (χ4v) is 2.29. The van der Waals surface area contributed by atoms with Crippen molar-refractivity contribution in [3.63, 3.8) is 0 Å². The van der Waals surface area contributed by atoms with Gasteiger partial charge in [-0.15, -0.1) is 0 Å². The van der Waals surface area contributed by atoms with Gasteiger partial charge in [-0.25, -0.2) is 14.0 Å². The van der Waals surface area contributed by atoms with E-state index in [2.05, 4.69) is 6.58 Å². The number of carbonyl (C=O) groups excluding carboxylic acids is 1. The van der Waals surface area contributed by atoms with E-state index in [1.165, 1.54) is 15.3 Å². The van der Waals surface area contributed by atoms with Crippen molar-refractivity contribution in [2.45, 2.75) is 45.7 Å². The molecule has 1 aromatic rings. The van der Waals surface area contributed by atoms with Gasteiger partial charge < -0.3 is 4.74 Å². The molecule has 0 saturated carbocycles. The van der Waals surface area contributed by atoms with Gasteiger partial charge in [-0.2, -0.15) is 0 Å². The first-order valence-electron chi connectivity index (χ1n) is 7.30. The van der Waals surface area contributed by atoms with Gasteiger partial charge in [0, 0.05) is 25.4 Å². The molecule has 0 aliphatic heterocycles. The Kier molecular flexibility index (Phi) is 7.73. The number of hydrogen-bond acceptors (Lipinski definition) is 4. The van der Waals surface area contributed by atoms with Crippen molar-refractivity contribution in [3.05, 3.63) is 39.8 Å². The summed E-state index contributed by atoms with van der Waals surface area (Å²) in [7, 11) is 0. The highest BCUT2D eigenvalue weighted by Crippen LogP contribution is 2.04. The molecule has 0 bridgehead atoms. The predicted molar refractivity (Wildman–Crippen MR) is 84.8 cm³/mol. The minimum absolute atomic E-state index is 0.0483. The molecule has 0 aliphatic rings. The Morgan fingerprint density at radius 2 is 2.09 bits per heavy atom. The average molecular weight is 328 g/mol. The summed E-state index contributed by atoms with van der Waals surface area (Å²) in [6, 6.07) is 0. The normalized spacial score (nSPS) is 10.5. The summed E-state index contributed by atoms with van der Waals surface area (Å²) < 4.78 is 21.1. The largest absolute Gasteiger partial charge is 0.463 e. The number of rotatable bonds is 9. The van der Waals surface area contributed by atoms with E-state index < -0.39 is 11.8 Å². The van der Waals surface area contributed by atoms with E-state index in [1.807, 2.05) is 0 Å². The van der Waals surface area contributed by atoms with Gasteiger partial charge in [-0.3, -0.25) is 9.13 Å². The molecule has 1 rings (SSSR count). The van der Waals surface area contributed by atoms with Crippen molar-refractivity contribution >= 4 is 18.2 Å². The van der Waals surface area contributed by atoms with Gasteiger partial charge in [-0.05, 0) is 26.2 Å². The molecule has 0 fully saturated rings. The van der Waals surface area contributed by atoms with Crippen LogP contribution in [-0.4, -0.2) is 21.7 Å². The topological polar surface area (TPSA) is 53.2 Å². The average Bonchev–Trinajstić information content (AvgIpc) is 2.51. The van der Waals surface area contributed by atoms with E-state index in [0.29, 0.717) is 19.7 Å². The van der Waals surface area contributed by atoms with E-state index in [0.717, 1.165) is 31.8 Å². The number of hydrogen-bond donors (Lipinski definition) is 0. The van der Waals surface area contributed by atoms with Crippen LogP contribution in [0.2, 0.25) is 0 Å². The van der Waals surface area contributed by atoms with Gasteiger partial charge >= 0.3 is 11.7 Å². The first kappa shape index (κ1) is 18.3. The Bertz CT molecular complexity index is 637. The van der Waals surface area contributed by atoms with Gasteiger partial charge in [0.05, 0.1) is 6.61 Å². The van der Waals surface area contributed by atoms with Gasteiger partial charge in [0.15, 0.2) is 5.82 Å². The molecule has 22 heavy (non-hydrogen) atoms. The third-order valence-corrected chi connectivity index (χ3v) is 3.63. The summed E-state index contributed by atoms with van der Waals surface area (Å²) in [4.78, 5) is 22.9. The number of ether oxygens (including phenoxy) is 1. The number of nitrogens with zero attached hydrogens (tertiary/aromatic N) is 2. The highest BCUT2D eigenvalue weighted by Gasteiger charge is 2.06. The van der Waals surface area contributed by atoms with Crippen LogP contribution in [0.25, 0.3) is 0 Å². The number of esters is 1. The van der Waals surface area contributed by atoms with Crippen molar-refractivity contribution in [3.8, 4) is 0 Å². The maximum absolute atomic E-state index is 13.7. The summed E-state index contributed by atoms with van der Waals surface area (Å²) in [5, 5.41) is 0. The van der Waals surface area contributed by atoms with Crippen LogP contribution >= 0.6 is 12.2 Å². The molecule has 122 valence electrons. The first-order valence-corrected chi connectivity index (χ1v) is 7.71. The second-order valence-corrected chi connectivity index (χ2v) is 5.17. The van der Waals surface area contributed by atoms with Crippen LogP contribution in [0.1, 0.15) is 32.6 Å². The molecule has 1 aromatic heterocycles. The quantitative estimate of drug-likeness (QED) is 0.303. The molecule has 0 spiro atoms. The number of halogens is 1. The second-order valence-electron chi connectivity index (χ2n) is 4.79. The van der Waals surface area contributed by atoms with E-state index in [9.17, 15) is 14.0 Å². The zero-order valence-corrected chi connectivity index (χ0v) is 13.5. The lowest BCUT2D eigenvalue weighted by Crippen LogP contribution is -2.31. The molecule has 0 radical (unpaired) electrons. The third kappa shape index (κ3) is 5.22. The van der Waals surface area contributed by atoms with Crippen molar-refractivity contribution in [2.24, 2.45) is 0 Å². The zero-order chi connectivity index (χ0) is 16.5. The number of aromatic nitrogens is 2. The van der Waals surface area contributed by atoms with Gasteiger partial charge in [0.2, 0.25) is 0 Å². The molecule has 7 heteroatoms. The third-order valence-electron chi connectivity index (χ3n) is 3.22. The molecule has 5 nitrogen and oxygen atoms in total. The Hall–Kier alpha value is -1.76. The molecule has 0 unspecified atom stereocenters. The molecule has 0 saturated heterocycles. The number of aryl methyl sites for hydroxylation is 1. The zero-order valence-electron chi connectivity index (χ0n) is 12.7. The summed E-state index contributed by atoms with van der Waals surface area (Å²) in [5.74, 6) is -0.970. The summed E-state index contributed by atoms with van der Waals surface area (Å²) in [5.41, 5.74) is -0.284. The van der Waals surface area contributed by atoms with E-state index >= 15 is 0 Å². The molecule has 0 N–H and O–H groups in total. The highest BCUT2D eigenvalue weighted by atomic mass is 32.1. The molecule has 0 atom stereocenters. The predicted octanol–water partition coefficient (Wildman–Crippen LogP) is 2.83. The molecule has 1 heterocycles. The first-order chi connectivity index (χ1) is 10.5. The maximum Gasteiger partial charge on any atom is 0.330 e. The summed E-state index contributed by atoms with van der Waals surface area (Å²) >= 11 is 4.88. The van der Waals surface area contributed by atoms with Crippen molar-refractivity contribution in [1.29, 1.82) is 0 Å². The van der Waals surface area contributed by atoms with Crippen LogP contribution in [0.3, 0.4) is 0 Å². The van der Waals surface area contributed by atoms with Gasteiger partial charge in [-0.1, -0.05) is 25.2 Å². The van der Waals surface area contributed by atoms with Crippen molar-refractivity contribution < 1.29 is 13.9 Å². The summed E-state index contributed by atoms with van der Waals surface area (Å²) in [6.45, 7) is 6.22. The lowest BCUT2D eigenvalue weighted by atomic mass is 10.2. The van der Waals surface area contributed by atoms with Crippen LogP contribution in [0.5, 0.6) is 0 Å². The maximum atomic E-state index is 13.7. The fraction of sp³-hybridized carbons (Fsp3) is 0.533. The molecular formula is C15H21FN2O3S. The molecule has 0 aromatic carbocycles. The lowest BCUT2D eigenvalue weighted by molar-refractivity contribution is -0.137. The number of carbonyl (C=O) groups is 1. The second kappa shape index (κ2) is 9.30. The lowest BCUT2D eigenvalue weighted by Gasteiger charge is -2.10. The van der Waals surface area contributed by atoms with Crippen LogP contribution in [-0.2, 0) is 22.6 Å². The van der Waals surface area contributed by atoms with Gasteiger partial charge in [0.1, 0.15) is 4.64 Å². The summed E-state index contributed by atoms with van der Waals surface area (Å²) in [6.07, 6.45) is 5.53. The fourth-order valence-electron chi connectivity index (χ4n) is 2.03. The number of unbranched alkanes of at least 4 members (excludes halogenated alkanes) is 3. The minimum atomic E-state index is -0.548. The highest BCUT2D eigenvalue weighted by molar-refractivity contribution is 7.71. The molecule has 0 amide bonds. The standard InChI is InChI=1S/C15H21FN2O3S/c1-3-13(19)21-10-8-6-5-7-9-17-11-12(16)14(22)18(4-2)15(17)20/h3,11H,1,4-10H2,2H3. The Labute approximate surface area is 134 Å². The monoisotopic (exact) mass is 328 g/mol. The van der Waals surface area contributed by atoms with Crippen molar-refractivity contribution in [1.82, 2.24) is 9.13 Å². The van der Waals surface area contributed by atoms with Crippen LogP contribution in [0.4, 0.5) is 4.39 Å². The SMILES string of the molecule is C=CC(=O)OCCCCCCn1cc(F)c(=S)n(CC)c1=O. The Morgan fingerprint density at radius 1 is 1.41 bits per heavy atom. The van der Waals surface area contributed by atoms with E-state index in [1.54, 1.807) is 6.92 Å². The minimum Gasteiger partial charge on any atom is -0.463 e. The Morgan fingerprint density at radius 3 is 2.73 bits per heavy atom. The van der Waals surface area contributed by atoms with Crippen LogP contribution in [0.15, 0.2) is 23.6 Å². The van der Waals surface area contributed by atoms with Crippen molar-refractivity contribution in [2.75, 3.05) is 6.61 Å². The molecule has 0 aliphatic carbocycles. The molecular weight excluding hydrogens is 307 g/mol. The van der Waals surface area contributed by atoms with Crippen LogP contribution in [0, 0.1) is 10.5 Å². The van der Waals surface area contributed by atoms with E-state index in [-0.39, 0.29) is 10.3 Å².